The fourth-order valence-corrected chi connectivity index (χ4v) is 2.92. The van der Waals surface area contributed by atoms with Gasteiger partial charge in [0.1, 0.15) is 5.82 Å². The minimum Gasteiger partial charge on any atom is -0.327 e. The standard InChI is InChI=1S/C13H17BrFN/c14-11-7-9(5-6-12(11)15)8-13(16)10-3-1-2-4-10/h5-7,10,13H,1-4,8,16H2. The van der Waals surface area contributed by atoms with E-state index in [1.807, 2.05) is 12.1 Å². The van der Waals surface area contributed by atoms with Gasteiger partial charge in [0.05, 0.1) is 4.47 Å². The summed E-state index contributed by atoms with van der Waals surface area (Å²) in [7, 11) is 0. The van der Waals surface area contributed by atoms with Crippen molar-refractivity contribution in [2.75, 3.05) is 0 Å². The second-order valence-corrected chi connectivity index (χ2v) is 5.52. The lowest BCUT2D eigenvalue weighted by atomic mass is 9.93. The summed E-state index contributed by atoms with van der Waals surface area (Å²) in [6.45, 7) is 0. The van der Waals surface area contributed by atoms with Crippen LogP contribution in [0.1, 0.15) is 31.2 Å². The molecule has 0 saturated heterocycles. The second-order valence-electron chi connectivity index (χ2n) is 4.66. The van der Waals surface area contributed by atoms with Gasteiger partial charge in [-0.3, -0.25) is 0 Å². The van der Waals surface area contributed by atoms with Gasteiger partial charge >= 0.3 is 0 Å². The highest BCUT2D eigenvalue weighted by Crippen LogP contribution is 2.28. The third kappa shape index (κ3) is 2.83. The second kappa shape index (κ2) is 5.28. The summed E-state index contributed by atoms with van der Waals surface area (Å²) in [6.07, 6.45) is 5.98. The molecule has 1 aromatic rings. The van der Waals surface area contributed by atoms with Crippen molar-refractivity contribution in [2.24, 2.45) is 11.7 Å². The Morgan fingerprint density at radius 3 is 2.69 bits per heavy atom. The molecule has 16 heavy (non-hydrogen) atoms. The molecule has 2 N–H and O–H groups in total. The summed E-state index contributed by atoms with van der Waals surface area (Å²) in [5.41, 5.74) is 7.31. The number of rotatable bonds is 3. The molecule has 1 aliphatic rings. The van der Waals surface area contributed by atoms with Crippen molar-refractivity contribution in [3.05, 3.63) is 34.1 Å². The van der Waals surface area contributed by atoms with Crippen LogP contribution in [0.3, 0.4) is 0 Å². The van der Waals surface area contributed by atoms with E-state index in [1.54, 1.807) is 0 Å². The quantitative estimate of drug-likeness (QED) is 0.901. The van der Waals surface area contributed by atoms with Gasteiger partial charge in [-0.05, 0) is 58.8 Å². The van der Waals surface area contributed by atoms with Gasteiger partial charge in [-0.15, -0.1) is 0 Å². The van der Waals surface area contributed by atoms with Gasteiger partial charge in [-0.25, -0.2) is 4.39 Å². The summed E-state index contributed by atoms with van der Waals surface area (Å²) in [5.74, 6) is 0.446. The molecule has 0 aliphatic heterocycles. The maximum atomic E-state index is 13.1. The van der Waals surface area contributed by atoms with Gasteiger partial charge < -0.3 is 5.73 Å². The van der Waals surface area contributed by atoms with Crippen LogP contribution in [-0.2, 0) is 6.42 Å². The van der Waals surface area contributed by atoms with Crippen LogP contribution in [-0.4, -0.2) is 6.04 Å². The van der Waals surface area contributed by atoms with E-state index in [-0.39, 0.29) is 11.9 Å². The highest BCUT2D eigenvalue weighted by Gasteiger charge is 2.22. The molecular formula is C13H17BrFN. The van der Waals surface area contributed by atoms with Crippen molar-refractivity contribution in [3.8, 4) is 0 Å². The van der Waals surface area contributed by atoms with Crippen LogP contribution >= 0.6 is 15.9 Å². The van der Waals surface area contributed by atoms with Crippen LogP contribution < -0.4 is 5.73 Å². The summed E-state index contributed by atoms with van der Waals surface area (Å²) in [5, 5.41) is 0. The summed E-state index contributed by atoms with van der Waals surface area (Å²) >= 11 is 3.20. The number of hydrogen-bond donors (Lipinski definition) is 1. The Kier molecular flexibility index (Phi) is 3.98. The van der Waals surface area contributed by atoms with Crippen LogP contribution in [0.15, 0.2) is 22.7 Å². The van der Waals surface area contributed by atoms with E-state index >= 15 is 0 Å². The molecule has 1 aliphatic carbocycles. The fourth-order valence-electron chi connectivity index (χ4n) is 2.49. The Bertz CT molecular complexity index is 361. The zero-order valence-electron chi connectivity index (χ0n) is 9.26. The fraction of sp³-hybridized carbons (Fsp3) is 0.538. The number of halogens is 2. The van der Waals surface area contributed by atoms with Crippen LogP contribution in [0.5, 0.6) is 0 Å². The van der Waals surface area contributed by atoms with E-state index < -0.39 is 0 Å². The summed E-state index contributed by atoms with van der Waals surface area (Å²) in [6, 6.07) is 5.39. The molecule has 1 nitrogen and oxygen atoms in total. The first-order valence-electron chi connectivity index (χ1n) is 5.86. The Hall–Kier alpha value is -0.410. The van der Waals surface area contributed by atoms with E-state index in [4.69, 9.17) is 5.73 Å². The van der Waals surface area contributed by atoms with Crippen molar-refractivity contribution in [2.45, 2.75) is 38.1 Å². The Morgan fingerprint density at radius 2 is 2.06 bits per heavy atom. The van der Waals surface area contributed by atoms with Gasteiger partial charge in [0.25, 0.3) is 0 Å². The topological polar surface area (TPSA) is 26.0 Å². The molecular weight excluding hydrogens is 269 g/mol. The predicted octanol–water partition coefficient (Wildman–Crippen LogP) is 3.65. The third-order valence-corrected chi connectivity index (χ3v) is 4.07. The first-order valence-corrected chi connectivity index (χ1v) is 6.65. The molecule has 0 heterocycles. The minimum absolute atomic E-state index is 0.210. The monoisotopic (exact) mass is 285 g/mol. The average molecular weight is 286 g/mol. The van der Waals surface area contributed by atoms with E-state index in [1.165, 1.54) is 31.7 Å². The van der Waals surface area contributed by atoms with Gasteiger partial charge in [-0.2, -0.15) is 0 Å². The SMILES string of the molecule is NC(Cc1ccc(F)c(Br)c1)C1CCCC1. The smallest absolute Gasteiger partial charge is 0.137 e. The largest absolute Gasteiger partial charge is 0.327 e. The molecule has 0 amide bonds. The van der Waals surface area contributed by atoms with Gasteiger partial charge in [-0.1, -0.05) is 18.9 Å². The third-order valence-electron chi connectivity index (χ3n) is 3.46. The molecule has 3 heteroatoms. The van der Waals surface area contributed by atoms with Crippen LogP contribution in [0.4, 0.5) is 4.39 Å². The molecule has 1 aromatic carbocycles. The maximum Gasteiger partial charge on any atom is 0.137 e. The summed E-state index contributed by atoms with van der Waals surface area (Å²) < 4.78 is 13.6. The van der Waals surface area contributed by atoms with Gasteiger partial charge in [0.15, 0.2) is 0 Å². The maximum absolute atomic E-state index is 13.1. The molecule has 0 spiro atoms. The van der Waals surface area contributed by atoms with Crippen molar-refractivity contribution in [3.63, 3.8) is 0 Å². The normalized spacial score (nSPS) is 18.9. The van der Waals surface area contributed by atoms with Crippen molar-refractivity contribution < 1.29 is 4.39 Å². The average Bonchev–Trinajstić information content (AvgIpc) is 2.77. The van der Waals surface area contributed by atoms with Crippen LogP contribution in [0.2, 0.25) is 0 Å². The lowest BCUT2D eigenvalue weighted by molar-refractivity contribution is 0.429. The molecule has 0 radical (unpaired) electrons. The van der Waals surface area contributed by atoms with Gasteiger partial charge in [0.2, 0.25) is 0 Å². The summed E-state index contributed by atoms with van der Waals surface area (Å²) in [4.78, 5) is 0. The molecule has 88 valence electrons. The van der Waals surface area contributed by atoms with E-state index in [2.05, 4.69) is 15.9 Å². The lowest BCUT2D eigenvalue weighted by Gasteiger charge is -2.18. The highest BCUT2D eigenvalue weighted by molar-refractivity contribution is 9.10. The molecule has 1 atom stereocenters. The molecule has 2 rings (SSSR count). The zero-order valence-corrected chi connectivity index (χ0v) is 10.8. The molecule has 0 bridgehead atoms. The van der Waals surface area contributed by atoms with Crippen molar-refractivity contribution in [1.82, 2.24) is 0 Å². The molecule has 1 fully saturated rings. The highest BCUT2D eigenvalue weighted by atomic mass is 79.9. The number of nitrogens with two attached hydrogens (primary N) is 1. The van der Waals surface area contributed by atoms with Gasteiger partial charge in [0, 0.05) is 6.04 Å². The molecule has 0 aromatic heterocycles. The van der Waals surface area contributed by atoms with Crippen LogP contribution in [0.25, 0.3) is 0 Å². The van der Waals surface area contributed by atoms with Crippen molar-refractivity contribution >= 4 is 15.9 Å². The van der Waals surface area contributed by atoms with E-state index in [9.17, 15) is 4.39 Å². The van der Waals surface area contributed by atoms with E-state index in [0.29, 0.717) is 10.4 Å². The Balaban J connectivity index is 1.99. The predicted molar refractivity (Wildman–Crippen MR) is 67.7 cm³/mol. The first kappa shape index (κ1) is 12.1. The number of benzene rings is 1. The molecule has 1 saturated carbocycles. The van der Waals surface area contributed by atoms with E-state index in [0.717, 1.165) is 12.0 Å². The van der Waals surface area contributed by atoms with Crippen LogP contribution in [0, 0.1) is 11.7 Å². The lowest BCUT2D eigenvalue weighted by Crippen LogP contribution is -2.30. The Labute approximate surface area is 104 Å². The Morgan fingerprint density at radius 1 is 1.38 bits per heavy atom. The number of hydrogen-bond acceptors (Lipinski definition) is 1. The molecule has 1 unspecified atom stereocenters. The van der Waals surface area contributed by atoms with Crippen molar-refractivity contribution in [1.29, 1.82) is 0 Å². The first-order chi connectivity index (χ1) is 7.66. The minimum atomic E-state index is -0.210. The zero-order chi connectivity index (χ0) is 11.5.